The second-order valence-electron chi connectivity index (χ2n) is 4.27. The minimum absolute atomic E-state index is 0.507. The van der Waals surface area contributed by atoms with Crippen molar-refractivity contribution in [1.29, 1.82) is 0 Å². The predicted octanol–water partition coefficient (Wildman–Crippen LogP) is 6.23. The van der Waals surface area contributed by atoms with Crippen molar-refractivity contribution in [2.75, 3.05) is 0 Å². The van der Waals surface area contributed by atoms with E-state index in [1.165, 1.54) is 12.0 Å². The first-order chi connectivity index (χ1) is 8.19. The molecule has 1 atom stereocenters. The van der Waals surface area contributed by atoms with Crippen LogP contribution in [-0.4, -0.2) is 0 Å². The molecule has 0 radical (unpaired) electrons. The Kier molecular flexibility index (Phi) is 6.69. The molecule has 0 fully saturated rings. The first kappa shape index (κ1) is 14.6. The second kappa shape index (κ2) is 7.79. The summed E-state index contributed by atoms with van der Waals surface area (Å²) in [7, 11) is 0. The molecule has 0 saturated heterocycles. The summed E-state index contributed by atoms with van der Waals surface area (Å²) in [5, 5.41) is 1.50. The molecule has 1 unspecified atom stereocenters. The third kappa shape index (κ3) is 4.73. The van der Waals surface area contributed by atoms with E-state index in [9.17, 15) is 0 Å². The van der Waals surface area contributed by atoms with Crippen molar-refractivity contribution in [3.05, 3.63) is 46.0 Å². The van der Waals surface area contributed by atoms with Crippen molar-refractivity contribution >= 4 is 23.2 Å². The summed E-state index contributed by atoms with van der Waals surface area (Å²) >= 11 is 12.2. The van der Waals surface area contributed by atoms with Gasteiger partial charge in [-0.05, 0) is 42.9 Å². The molecule has 0 spiro atoms. The van der Waals surface area contributed by atoms with E-state index in [1.54, 1.807) is 0 Å². The molecule has 17 heavy (non-hydrogen) atoms. The summed E-state index contributed by atoms with van der Waals surface area (Å²) in [4.78, 5) is 0. The van der Waals surface area contributed by atoms with Crippen LogP contribution in [0.2, 0.25) is 10.0 Å². The largest absolute Gasteiger partial charge is 0.0888 e. The Morgan fingerprint density at radius 3 is 2.53 bits per heavy atom. The summed E-state index contributed by atoms with van der Waals surface area (Å²) in [6.07, 6.45) is 8.95. The van der Waals surface area contributed by atoms with Crippen LogP contribution in [-0.2, 0) is 0 Å². The first-order valence-corrected chi connectivity index (χ1v) is 7.04. The second-order valence-corrected chi connectivity index (χ2v) is 5.11. The third-order valence-electron chi connectivity index (χ3n) is 2.86. The zero-order valence-electron chi connectivity index (χ0n) is 10.5. The Hall–Kier alpha value is -0.460. The van der Waals surface area contributed by atoms with Crippen LogP contribution in [0.1, 0.15) is 51.0 Å². The molecular formula is C15H20Cl2. The number of benzene rings is 1. The highest BCUT2D eigenvalue weighted by molar-refractivity contribution is 6.35. The van der Waals surface area contributed by atoms with Gasteiger partial charge in [0, 0.05) is 10.0 Å². The molecule has 0 nitrogen and oxygen atoms in total. The van der Waals surface area contributed by atoms with Crippen LogP contribution >= 0.6 is 23.2 Å². The maximum absolute atomic E-state index is 6.26. The molecule has 0 aromatic heterocycles. The van der Waals surface area contributed by atoms with Gasteiger partial charge in [-0.25, -0.2) is 0 Å². The third-order valence-corrected chi connectivity index (χ3v) is 3.42. The SMILES string of the molecule is CC/C=C\CC(CCC)c1ccc(Cl)cc1Cl. The summed E-state index contributed by atoms with van der Waals surface area (Å²) in [5.74, 6) is 0.507. The van der Waals surface area contributed by atoms with E-state index in [-0.39, 0.29) is 0 Å². The number of rotatable bonds is 6. The average Bonchev–Trinajstić information content (AvgIpc) is 2.28. The van der Waals surface area contributed by atoms with E-state index in [4.69, 9.17) is 23.2 Å². The molecular weight excluding hydrogens is 251 g/mol. The Morgan fingerprint density at radius 1 is 1.18 bits per heavy atom. The number of hydrogen-bond donors (Lipinski definition) is 0. The van der Waals surface area contributed by atoms with Gasteiger partial charge in [0.05, 0.1) is 0 Å². The van der Waals surface area contributed by atoms with Gasteiger partial charge in [0.1, 0.15) is 0 Å². The van der Waals surface area contributed by atoms with E-state index in [1.807, 2.05) is 12.1 Å². The van der Waals surface area contributed by atoms with E-state index in [0.29, 0.717) is 10.9 Å². The summed E-state index contributed by atoms with van der Waals surface area (Å²) in [6, 6.07) is 5.82. The van der Waals surface area contributed by atoms with Crippen LogP contribution < -0.4 is 0 Å². The van der Waals surface area contributed by atoms with Crippen molar-refractivity contribution in [1.82, 2.24) is 0 Å². The van der Waals surface area contributed by atoms with Gasteiger partial charge >= 0.3 is 0 Å². The first-order valence-electron chi connectivity index (χ1n) is 6.29. The quantitative estimate of drug-likeness (QED) is 0.538. The molecule has 1 aromatic rings. The van der Waals surface area contributed by atoms with Crippen molar-refractivity contribution in [2.45, 2.75) is 45.4 Å². The summed E-state index contributed by atoms with van der Waals surface area (Å²) < 4.78 is 0. The normalized spacial score (nSPS) is 13.2. The molecule has 2 heteroatoms. The molecule has 0 saturated carbocycles. The van der Waals surface area contributed by atoms with Gasteiger partial charge in [0.15, 0.2) is 0 Å². The Labute approximate surface area is 115 Å². The predicted molar refractivity (Wildman–Crippen MR) is 78.2 cm³/mol. The summed E-state index contributed by atoms with van der Waals surface area (Å²) in [6.45, 7) is 4.36. The van der Waals surface area contributed by atoms with Gasteiger partial charge in [-0.1, -0.05) is 61.7 Å². The molecule has 0 aliphatic rings. The molecule has 1 rings (SSSR count). The highest BCUT2D eigenvalue weighted by Crippen LogP contribution is 2.32. The van der Waals surface area contributed by atoms with Gasteiger partial charge in [-0.3, -0.25) is 0 Å². The fourth-order valence-electron chi connectivity index (χ4n) is 2.01. The van der Waals surface area contributed by atoms with Crippen LogP contribution in [0.25, 0.3) is 0 Å². The van der Waals surface area contributed by atoms with E-state index in [0.717, 1.165) is 24.3 Å². The molecule has 94 valence electrons. The van der Waals surface area contributed by atoms with Gasteiger partial charge in [0.2, 0.25) is 0 Å². The number of allylic oxidation sites excluding steroid dienone is 2. The maximum Gasteiger partial charge on any atom is 0.0455 e. The molecule has 0 bridgehead atoms. The van der Waals surface area contributed by atoms with Gasteiger partial charge < -0.3 is 0 Å². The van der Waals surface area contributed by atoms with Gasteiger partial charge in [0.25, 0.3) is 0 Å². The minimum Gasteiger partial charge on any atom is -0.0888 e. The molecule has 0 N–H and O–H groups in total. The van der Waals surface area contributed by atoms with Crippen molar-refractivity contribution < 1.29 is 0 Å². The lowest BCUT2D eigenvalue weighted by molar-refractivity contribution is 0.620. The van der Waals surface area contributed by atoms with Crippen LogP contribution in [0, 0.1) is 0 Å². The highest BCUT2D eigenvalue weighted by atomic mass is 35.5. The fourth-order valence-corrected chi connectivity index (χ4v) is 2.57. The van der Waals surface area contributed by atoms with Crippen molar-refractivity contribution in [2.24, 2.45) is 0 Å². The zero-order chi connectivity index (χ0) is 12.7. The van der Waals surface area contributed by atoms with E-state index in [2.05, 4.69) is 32.1 Å². The topological polar surface area (TPSA) is 0 Å². The van der Waals surface area contributed by atoms with Crippen molar-refractivity contribution in [3.8, 4) is 0 Å². The van der Waals surface area contributed by atoms with E-state index < -0.39 is 0 Å². The minimum atomic E-state index is 0.507. The lowest BCUT2D eigenvalue weighted by atomic mass is 9.91. The Balaban J connectivity index is 2.84. The van der Waals surface area contributed by atoms with Crippen LogP contribution in [0.5, 0.6) is 0 Å². The highest BCUT2D eigenvalue weighted by Gasteiger charge is 2.12. The van der Waals surface area contributed by atoms with Crippen molar-refractivity contribution in [3.63, 3.8) is 0 Å². The van der Waals surface area contributed by atoms with E-state index >= 15 is 0 Å². The molecule has 0 amide bonds. The summed E-state index contributed by atoms with van der Waals surface area (Å²) in [5.41, 5.74) is 1.22. The molecule has 0 aliphatic heterocycles. The smallest absolute Gasteiger partial charge is 0.0455 e. The monoisotopic (exact) mass is 270 g/mol. The van der Waals surface area contributed by atoms with Crippen LogP contribution in [0.3, 0.4) is 0 Å². The lowest BCUT2D eigenvalue weighted by Gasteiger charge is -2.16. The molecule has 0 aliphatic carbocycles. The lowest BCUT2D eigenvalue weighted by Crippen LogP contribution is -1.98. The zero-order valence-corrected chi connectivity index (χ0v) is 12.1. The average molecular weight is 271 g/mol. The van der Waals surface area contributed by atoms with Gasteiger partial charge in [-0.2, -0.15) is 0 Å². The Morgan fingerprint density at radius 2 is 1.94 bits per heavy atom. The number of hydrogen-bond acceptors (Lipinski definition) is 0. The van der Waals surface area contributed by atoms with Gasteiger partial charge in [-0.15, -0.1) is 0 Å². The standard InChI is InChI=1S/C15H20Cl2/c1-3-5-6-8-12(7-4-2)14-10-9-13(16)11-15(14)17/h5-6,9-12H,3-4,7-8H2,1-2H3/b6-5-. The number of halogens is 2. The molecule has 0 heterocycles. The fraction of sp³-hybridized carbons (Fsp3) is 0.467. The van der Waals surface area contributed by atoms with Crippen LogP contribution in [0.15, 0.2) is 30.4 Å². The Bertz CT molecular complexity index is 369. The maximum atomic E-state index is 6.26. The molecule has 1 aromatic carbocycles. The van der Waals surface area contributed by atoms with Crippen LogP contribution in [0.4, 0.5) is 0 Å².